The molecule has 1 aliphatic rings. The molecule has 74 valence electrons. The lowest BCUT2D eigenvalue weighted by molar-refractivity contribution is 0.323. The van der Waals surface area contributed by atoms with Crippen LogP contribution in [0, 0.1) is 5.41 Å². The van der Waals surface area contributed by atoms with Crippen LogP contribution in [0.3, 0.4) is 0 Å². The van der Waals surface area contributed by atoms with Gasteiger partial charge in [-0.3, -0.25) is 0 Å². The molecule has 0 nitrogen and oxygen atoms in total. The van der Waals surface area contributed by atoms with Crippen LogP contribution in [0.25, 0.3) is 0 Å². The molecular weight excluding hydrogens is 167 g/mol. The van der Waals surface area contributed by atoms with Gasteiger partial charge in [0.25, 0.3) is 0 Å². The summed E-state index contributed by atoms with van der Waals surface area (Å²) < 4.78 is 0. The molecule has 0 aromatic heterocycles. The second-order valence-electron chi connectivity index (χ2n) is 5.87. The van der Waals surface area contributed by atoms with Gasteiger partial charge in [-0.05, 0) is 35.3 Å². The summed E-state index contributed by atoms with van der Waals surface area (Å²) in [5.74, 6) is 0.825. The van der Waals surface area contributed by atoms with Crippen LogP contribution < -0.4 is 5.46 Å². The molecule has 14 heavy (non-hydrogen) atoms. The minimum absolute atomic E-state index is 0.466. The number of hydrogen-bond acceptors (Lipinski definition) is 0. The van der Waals surface area contributed by atoms with E-state index in [1.54, 1.807) is 11.1 Å². The van der Waals surface area contributed by atoms with Crippen molar-refractivity contribution >= 4 is 13.3 Å². The molecule has 0 heterocycles. The van der Waals surface area contributed by atoms with Crippen LogP contribution in [-0.4, -0.2) is 7.85 Å². The highest BCUT2D eigenvalue weighted by molar-refractivity contribution is 6.32. The van der Waals surface area contributed by atoms with Gasteiger partial charge in [-0.15, -0.1) is 0 Å². The van der Waals surface area contributed by atoms with Gasteiger partial charge in [0.2, 0.25) is 0 Å². The number of rotatable bonds is 1. The molecule has 1 aromatic rings. The van der Waals surface area contributed by atoms with Gasteiger partial charge in [0.05, 0.1) is 0 Å². The molecular formula is C13H19B. The first-order valence-electron chi connectivity index (χ1n) is 5.55. The predicted octanol–water partition coefficient (Wildman–Crippen LogP) is 2.02. The molecule has 0 radical (unpaired) electrons. The Morgan fingerprint density at radius 1 is 1.36 bits per heavy atom. The molecule has 1 heteroatoms. The van der Waals surface area contributed by atoms with Crippen molar-refractivity contribution in [2.24, 2.45) is 5.41 Å². The minimum atomic E-state index is 0.466. The Bertz CT molecular complexity index is 347. The van der Waals surface area contributed by atoms with Crippen molar-refractivity contribution in [3.05, 3.63) is 29.3 Å². The molecule has 1 unspecified atom stereocenters. The van der Waals surface area contributed by atoms with E-state index in [4.69, 9.17) is 0 Å². The van der Waals surface area contributed by atoms with Gasteiger partial charge in [-0.1, -0.05) is 44.4 Å². The van der Waals surface area contributed by atoms with Crippen molar-refractivity contribution in [3.63, 3.8) is 0 Å². The fourth-order valence-electron chi connectivity index (χ4n) is 2.48. The third-order valence-corrected chi connectivity index (χ3v) is 3.06. The second-order valence-corrected chi connectivity index (χ2v) is 5.87. The standard InChI is InChI=1S/C13H19B/c1-13(2,3)8-10-6-9-7-11(14)4-5-12(9)10/h4-5,7,10H,6,8,14H2,1-3H3. The lowest BCUT2D eigenvalue weighted by Crippen LogP contribution is -2.24. The molecule has 1 atom stereocenters. The van der Waals surface area contributed by atoms with E-state index in [0.717, 1.165) is 5.92 Å². The molecule has 0 fully saturated rings. The molecule has 1 aliphatic carbocycles. The normalized spacial score (nSPS) is 20.1. The number of benzene rings is 1. The Labute approximate surface area is 88.1 Å². The van der Waals surface area contributed by atoms with E-state index in [0.29, 0.717) is 5.41 Å². The minimum Gasteiger partial charge on any atom is -0.0887 e. The van der Waals surface area contributed by atoms with Gasteiger partial charge in [0.15, 0.2) is 0 Å². The SMILES string of the molecule is Bc1ccc2c(c1)CC2CC(C)(C)C. The van der Waals surface area contributed by atoms with Gasteiger partial charge < -0.3 is 0 Å². The van der Waals surface area contributed by atoms with Crippen LogP contribution in [-0.2, 0) is 6.42 Å². The third kappa shape index (κ3) is 1.87. The fraction of sp³-hybridized carbons (Fsp3) is 0.538. The summed E-state index contributed by atoms with van der Waals surface area (Å²) in [5, 5.41) is 0. The summed E-state index contributed by atoms with van der Waals surface area (Å²) in [5.41, 5.74) is 5.05. The lowest BCUT2D eigenvalue weighted by atomic mass is 9.69. The van der Waals surface area contributed by atoms with Crippen molar-refractivity contribution < 1.29 is 0 Å². The van der Waals surface area contributed by atoms with Crippen LogP contribution >= 0.6 is 0 Å². The van der Waals surface area contributed by atoms with E-state index in [1.807, 2.05) is 0 Å². The van der Waals surface area contributed by atoms with E-state index < -0.39 is 0 Å². The molecule has 0 N–H and O–H groups in total. The van der Waals surface area contributed by atoms with Crippen LogP contribution in [0.5, 0.6) is 0 Å². The Morgan fingerprint density at radius 2 is 2.07 bits per heavy atom. The van der Waals surface area contributed by atoms with Crippen molar-refractivity contribution in [2.75, 3.05) is 0 Å². The Balaban J connectivity index is 2.13. The van der Waals surface area contributed by atoms with Crippen molar-refractivity contribution in [2.45, 2.75) is 39.5 Å². The van der Waals surface area contributed by atoms with Gasteiger partial charge in [0.1, 0.15) is 7.85 Å². The highest BCUT2D eigenvalue weighted by Crippen LogP contribution is 2.41. The first kappa shape index (κ1) is 9.83. The van der Waals surface area contributed by atoms with E-state index >= 15 is 0 Å². The Hall–Kier alpha value is -0.715. The second kappa shape index (κ2) is 3.15. The average Bonchev–Trinajstić information content (AvgIpc) is 1.99. The zero-order valence-electron chi connectivity index (χ0n) is 9.72. The molecule has 0 spiro atoms. The number of fused-ring (bicyclic) bond motifs is 1. The molecule has 0 saturated heterocycles. The zero-order valence-corrected chi connectivity index (χ0v) is 9.72. The Kier molecular flexibility index (Phi) is 2.21. The summed E-state index contributed by atoms with van der Waals surface area (Å²) in [4.78, 5) is 0. The van der Waals surface area contributed by atoms with Crippen molar-refractivity contribution in [1.82, 2.24) is 0 Å². The van der Waals surface area contributed by atoms with Gasteiger partial charge in [-0.25, -0.2) is 0 Å². The Morgan fingerprint density at radius 3 is 2.64 bits per heavy atom. The molecule has 1 aromatic carbocycles. The molecule has 0 amide bonds. The van der Waals surface area contributed by atoms with Crippen molar-refractivity contribution in [1.29, 1.82) is 0 Å². The number of hydrogen-bond donors (Lipinski definition) is 0. The average molecular weight is 186 g/mol. The maximum atomic E-state index is 2.34. The van der Waals surface area contributed by atoms with Gasteiger partial charge >= 0.3 is 0 Å². The maximum absolute atomic E-state index is 2.34. The molecule has 0 aliphatic heterocycles. The largest absolute Gasteiger partial charge is 0.139 e. The maximum Gasteiger partial charge on any atom is 0.139 e. The molecule has 2 rings (SSSR count). The summed E-state index contributed by atoms with van der Waals surface area (Å²) in [6.07, 6.45) is 2.62. The fourth-order valence-corrected chi connectivity index (χ4v) is 2.48. The van der Waals surface area contributed by atoms with E-state index in [1.165, 1.54) is 18.3 Å². The summed E-state index contributed by atoms with van der Waals surface area (Å²) >= 11 is 0. The zero-order chi connectivity index (χ0) is 10.3. The molecule has 0 saturated carbocycles. The van der Waals surface area contributed by atoms with Gasteiger partial charge in [-0.2, -0.15) is 0 Å². The first-order valence-corrected chi connectivity index (χ1v) is 5.55. The van der Waals surface area contributed by atoms with Gasteiger partial charge in [0, 0.05) is 0 Å². The quantitative estimate of drug-likeness (QED) is 0.588. The van der Waals surface area contributed by atoms with E-state index in [9.17, 15) is 0 Å². The van der Waals surface area contributed by atoms with E-state index in [-0.39, 0.29) is 0 Å². The summed E-state index contributed by atoms with van der Waals surface area (Å²) in [6, 6.07) is 6.91. The third-order valence-electron chi connectivity index (χ3n) is 3.06. The summed E-state index contributed by atoms with van der Waals surface area (Å²) in [6.45, 7) is 7.00. The van der Waals surface area contributed by atoms with Crippen LogP contribution in [0.4, 0.5) is 0 Å². The smallest absolute Gasteiger partial charge is 0.0887 e. The first-order chi connectivity index (χ1) is 6.46. The summed E-state index contributed by atoms with van der Waals surface area (Å²) in [7, 11) is 2.18. The lowest BCUT2D eigenvalue weighted by Gasteiger charge is -2.35. The highest BCUT2D eigenvalue weighted by Gasteiger charge is 2.29. The van der Waals surface area contributed by atoms with Crippen LogP contribution in [0.1, 0.15) is 44.2 Å². The van der Waals surface area contributed by atoms with Crippen LogP contribution in [0.15, 0.2) is 18.2 Å². The van der Waals surface area contributed by atoms with Crippen LogP contribution in [0.2, 0.25) is 0 Å². The topological polar surface area (TPSA) is 0 Å². The van der Waals surface area contributed by atoms with Crippen molar-refractivity contribution in [3.8, 4) is 0 Å². The molecule has 0 bridgehead atoms. The monoisotopic (exact) mass is 186 g/mol. The highest BCUT2D eigenvalue weighted by atomic mass is 14.3. The van der Waals surface area contributed by atoms with E-state index in [2.05, 4.69) is 46.8 Å². The predicted molar refractivity (Wildman–Crippen MR) is 65.1 cm³/mol.